The molecule has 0 saturated carbocycles. The molecular weight excluding hydrogens is 462 g/mol. The van der Waals surface area contributed by atoms with Gasteiger partial charge >= 0.3 is 5.97 Å². The zero-order chi connectivity index (χ0) is 24.0. The number of esters is 1. The van der Waals surface area contributed by atoms with Crippen molar-refractivity contribution >= 4 is 45.9 Å². The monoisotopic (exact) mass is 487 g/mol. The molecule has 0 bridgehead atoms. The van der Waals surface area contributed by atoms with Gasteiger partial charge in [-0.25, -0.2) is 4.79 Å². The summed E-state index contributed by atoms with van der Waals surface area (Å²) in [4.78, 5) is 36.6. The van der Waals surface area contributed by atoms with Crippen molar-refractivity contribution in [3.05, 3.63) is 57.7 Å². The average molecular weight is 488 g/mol. The van der Waals surface area contributed by atoms with Gasteiger partial charge in [0.1, 0.15) is 10.8 Å². The Hall–Kier alpha value is -3.18. The van der Waals surface area contributed by atoms with Crippen LogP contribution in [0.5, 0.6) is 0 Å². The summed E-state index contributed by atoms with van der Waals surface area (Å²) in [6, 6.07) is 10.1. The van der Waals surface area contributed by atoms with Gasteiger partial charge in [-0.3, -0.25) is 9.59 Å². The molecule has 2 heterocycles. The summed E-state index contributed by atoms with van der Waals surface area (Å²) in [5, 5.41) is 12.1. The Balaban J connectivity index is 1.67. The molecule has 9 nitrogen and oxygen atoms in total. The second kappa shape index (κ2) is 11.1. The number of aromatic nitrogens is 3. The van der Waals surface area contributed by atoms with Crippen LogP contribution >= 0.6 is 23.1 Å². The predicted molar refractivity (Wildman–Crippen MR) is 128 cm³/mol. The number of thiophene rings is 1. The zero-order valence-electron chi connectivity index (χ0n) is 18.6. The van der Waals surface area contributed by atoms with E-state index in [0.717, 1.165) is 30.0 Å². The van der Waals surface area contributed by atoms with Gasteiger partial charge in [0, 0.05) is 13.0 Å². The Labute approximate surface area is 199 Å². The molecule has 1 aromatic carbocycles. The normalized spacial score (nSPS) is 10.8. The van der Waals surface area contributed by atoms with Gasteiger partial charge < -0.3 is 20.4 Å². The van der Waals surface area contributed by atoms with Crippen molar-refractivity contribution in [3.8, 4) is 0 Å². The molecule has 33 heavy (non-hydrogen) atoms. The van der Waals surface area contributed by atoms with Crippen molar-refractivity contribution in [2.24, 2.45) is 5.73 Å². The van der Waals surface area contributed by atoms with E-state index in [9.17, 15) is 14.4 Å². The van der Waals surface area contributed by atoms with Crippen molar-refractivity contribution in [3.63, 3.8) is 0 Å². The number of hydrogen-bond acceptors (Lipinski definition) is 8. The fourth-order valence-electron chi connectivity index (χ4n) is 3.31. The minimum atomic E-state index is -0.670. The summed E-state index contributed by atoms with van der Waals surface area (Å²) in [5.74, 6) is -0.749. The molecule has 3 rings (SSSR count). The number of rotatable bonds is 10. The van der Waals surface area contributed by atoms with E-state index in [2.05, 4.69) is 27.6 Å². The number of hydrogen-bond donors (Lipinski definition) is 2. The molecule has 0 fully saturated rings. The third-order valence-electron chi connectivity index (χ3n) is 4.94. The molecule has 0 saturated heterocycles. The molecule has 2 aromatic heterocycles. The van der Waals surface area contributed by atoms with Crippen LogP contribution in [0.15, 0.2) is 35.5 Å². The smallest absolute Gasteiger partial charge is 0.341 e. The number of nitrogens with one attached hydrogen (secondary N) is 1. The number of carbonyl (C=O) groups excluding carboxylic acids is 3. The van der Waals surface area contributed by atoms with Gasteiger partial charge in [0.15, 0.2) is 5.16 Å². The van der Waals surface area contributed by atoms with E-state index in [1.54, 1.807) is 6.92 Å². The Kier molecular flexibility index (Phi) is 8.23. The Morgan fingerprint density at radius 3 is 2.55 bits per heavy atom. The maximum absolute atomic E-state index is 12.6. The highest BCUT2D eigenvalue weighted by Crippen LogP contribution is 2.33. The minimum absolute atomic E-state index is 0.0558. The van der Waals surface area contributed by atoms with Gasteiger partial charge in [-0.1, -0.05) is 42.1 Å². The Morgan fingerprint density at radius 1 is 1.18 bits per heavy atom. The Bertz CT molecular complexity index is 1160. The number of thioether (sulfide) groups is 1. The molecule has 0 spiro atoms. The molecule has 11 heteroatoms. The van der Waals surface area contributed by atoms with Crippen LogP contribution in [-0.2, 0) is 28.9 Å². The summed E-state index contributed by atoms with van der Waals surface area (Å²) >= 11 is 2.21. The highest BCUT2D eigenvalue weighted by atomic mass is 32.2. The van der Waals surface area contributed by atoms with Crippen LogP contribution in [0, 0.1) is 6.92 Å². The number of methoxy groups -OCH3 is 1. The molecule has 2 amide bonds. The van der Waals surface area contributed by atoms with Crippen LogP contribution in [-0.4, -0.2) is 45.4 Å². The molecule has 0 unspecified atom stereocenters. The highest BCUT2D eigenvalue weighted by Gasteiger charge is 2.25. The van der Waals surface area contributed by atoms with Crippen LogP contribution in [0.3, 0.4) is 0 Å². The number of amides is 2. The number of ether oxygens (including phenoxy) is 1. The fraction of sp³-hybridized carbons (Fsp3) is 0.318. The molecular formula is C22H25N5O4S2. The lowest BCUT2D eigenvalue weighted by Crippen LogP contribution is -2.16. The third-order valence-corrected chi connectivity index (χ3v) is 7.12. The molecule has 3 N–H and O–H groups in total. The maximum Gasteiger partial charge on any atom is 0.341 e. The lowest BCUT2D eigenvalue weighted by Gasteiger charge is -2.08. The van der Waals surface area contributed by atoms with Gasteiger partial charge in [0.25, 0.3) is 5.91 Å². The number of nitrogens with two attached hydrogens (primary N) is 1. The summed E-state index contributed by atoms with van der Waals surface area (Å²) in [7, 11) is 1.23. The summed E-state index contributed by atoms with van der Waals surface area (Å²) in [6.07, 6.45) is 1.59. The lowest BCUT2D eigenvalue weighted by molar-refractivity contribution is -0.113. The van der Waals surface area contributed by atoms with Gasteiger partial charge in [0.2, 0.25) is 5.91 Å². The molecule has 0 atom stereocenters. The average Bonchev–Trinajstić information content (AvgIpc) is 3.36. The number of anilines is 1. The van der Waals surface area contributed by atoms with Crippen LogP contribution in [0.1, 0.15) is 43.9 Å². The van der Waals surface area contributed by atoms with Crippen molar-refractivity contribution in [1.29, 1.82) is 0 Å². The van der Waals surface area contributed by atoms with E-state index in [4.69, 9.17) is 10.5 Å². The highest BCUT2D eigenvalue weighted by molar-refractivity contribution is 7.99. The van der Waals surface area contributed by atoms with E-state index < -0.39 is 11.9 Å². The molecule has 3 aromatic rings. The van der Waals surface area contributed by atoms with Crippen molar-refractivity contribution < 1.29 is 19.1 Å². The second-order valence-electron chi connectivity index (χ2n) is 7.08. The fourth-order valence-corrected chi connectivity index (χ4v) is 5.19. The van der Waals surface area contributed by atoms with Gasteiger partial charge in [-0.2, -0.15) is 0 Å². The summed E-state index contributed by atoms with van der Waals surface area (Å²) in [6.45, 7) is 4.27. The number of primary amides is 1. The van der Waals surface area contributed by atoms with Crippen molar-refractivity contribution in [2.75, 3.05) is 18.2 Å². The van der Waals surface area contributed by atoms with E-state index in [0.29, 0.717) is 17.3 Å². The molecule has 0 radical (unpaired) electrons. The van der Waals surface area contributed by atoms with Gasteiger partial charge in [0.05, 0.1) is 23.3 Å². The Morgan fingerprint density at radius 2 is 1.91 bits per heavy atom. The van der Waals surface area contributed by atoms with Crippen LogP contribution in [0.25, 0.3) is 0 Å². The number of benzene rings is 1. The standard InChI is InChI=1S/C22H25N5O4S2/c1-4-27-15(11-10-14-8-6-5-7-9-14)25-26-22(27)32-12-16(28)24-20-17(21(30)31-3)13(2)18(33-20)19(23)29/h5-9H,4,10-12H2,1-3H3,(H2,23,29)(H,24,28). The minimum Gasteiger partial charge on any atom is -0.465 e. The first-order chi connectivity index (χ1) is 15.8. The molecule has 174 valence electrons. The van der Waals surface area contributed by atoms with E-state index >= 15 is 0 Å². The largest absolute Gasteiger partial charge is 0.465 e. The van der Waals surface area contributed by atoms with Crippen LogP contribution in [0.2, 0.25) is 0 Å². The topological polar surface area (TPSA) is 129 Å². The van der Waals surface area contributed by atoms with Gasteiger partial charge in [-0.05, 0) is 31.4 Å². The predicted octanol–water partition coefficient (Wildman–Crippen LogP) is 3.07. The van der Waals surface area contributed by atoms with Crippen LogP contribution < -0.4 is 11.1 Å². The number of aryl methyl sites for hydroxylation is 2. The summed E-state index contributed by atoms with van der Waals surface area (Å²) in [5.41, 5.74) is 7.13. The number of carbonyl (C=O) groups is 3. The van der Waals surface area contributed by atoms with E-state index in [-0.39, 0.29) is 27.1 Å². The van der Waals surface area contributed by atoms with Crippen LogP contribution in [0.4, 0.5) is 5.00 Å². The maximum atomic E-state index is 12.6. The van der Waals surface area contributed by atoms with E-state index in [1.165, 1.54) is 24.4 Å². The van der Waals surface area contributed by atoms with Crippen molar-refractivity contribution in [1.82, 2.24) is 14.8 Å². The number of nitrogens with zero attached hydrogens (tertiary/aromatic N) is 3. The first-order valence-corrected chi connectivity index (χ1v) is 12.1. The zero-order valence-corrected chi connectivity index (χ0v) is 20.2. The second-order valence-corrected chi connectivity index (χ2v) is 9.04. The van der Waals surface area contributed by atoms with Gasteiger partial charge in [-0.15, -0.1) is 21.5 Å². The quantitative estimate of drug-likeness (QED) is 0.332. The SMILES string of the molecule is CCn1c(CCc2ccccc2)nnc1SCC(=O)Nc1sc(C(N)=O)c(C)c1C(=O)OC. The van der Waals surface area contributed by atoms with Crippen molar-refractivity contribution in [2.45, 2.75) is 38.4 Å². The molecule has 0 aliphatic heterocycles. The molecule has 0 aliphatic rings. The summed E-state index contributed by atoms with van der Waals surface area (Å²) < 4.78 is 6.77. The first-order valence-electron chi connectivity index (χ1n) is 10.3. The molecule has 0 aliphatic carbocycles. The third kappa shape index (κ3) is 5.79. The van der Waals surface area contributed by atoms with E-state index in [1.807, 2.05) is 29.7 Å². The first kappa shape index (κ1) is 24.5. The lowest BCUT2D eigenvalue weighted by atomic mass is 10.1.